The molecule has 0 bridgehead atoms. The van der Waals surface area contributed by atoms with Crippen LogP contribution in [0.5, 0.6) is 5.88 Å². The Balaban J connectivity index is 1.27. The molecule has 1 unspecified atom stereocenters. The van der Waals surface area contributed by atoms with Crippen molar-refractivity contribution in [3.8, 4) is 5.88 Å². The molecule has 2 saturated heterocycles. The highest BCUT2D eigenvalue weighted by Crippen LogP contribution is 2.37. The molecule has 2 aliphatic rings. The van der Waals surface area contributed by atoms with E-state index in [1.165, 1.54) is 18.9 Å². The number of aromatic amines is 1. The molecule has 11 nitrogen and oxygen atoms in total. The van der Waals surface area contributed by atoms with Gasteiger partial charge in [0.25, 0.3) is 11.8 Å². The summed E-state index contributed by atoms with van der Waals surface area (Å²) in [6.07, 6.45) is 4.84. The summed E-state index contributed by atoms with van der Waals surface area (Å²) in [6, 6.07) is 5.28. The number of hydrogen-bond donors (Lipinski definition) is 2. The van der Waals surface area contributed by atoms with Gasteiger partial charge in [-0.05, 0) is 48.4 Å². The number of pyridine rings is 1. The molecule has 0 saturated carbocycles. The number of likely N-dealkylation sites (tertiary alicyclic amines) is 2. The quantitative estimate of drug-likeness (QED) is 0.470. The van der Waals surface area contributed by atoms with E-state index in [4.69, 9.17) is 9.26 Å². The minimum Gasteiger partial charge on any atom is -0.479 e. The van der Waals surface area contributed by atoms with Gasteiger partial charge >= 0.3 is 0 Å². The standard InChI is InChI=1S/C28H36N6O5/c1-16(2)25(23-12-24(38-4)32-39-23)28(37)34-15-20(35)11-22(34)26-30-14-21(31-26)27(36)33-9-7-18(8-10-33)19-6-5-17(3)29-13-19/h5-6,12-14,16,18,20,22,25,35H,7-11,15H2,1-4H3,(H,30,31)/t20-,22+,25?/m1/s1. The zero-order chi connectivity index (χ0) is 27.7. The molecular weight excluding hydrogens is 500 g/mol. The number of H-pyrrole nitrogens is 1. The van der Waals surface area contributed by atoms with Gasteiger partial charge in [-0.3, -0.25) is 14.6 Å². The Morgan fingerprint density at radius 2 is 1.95 bits per heavy atom. The number of nitrogens with one attached hydrogen (secondary N) is 1. The maximum atomic E-state index is 13.7. The molecule has 3 aromatic heterocycles. The molecule has 5 heterocycles. The Morgan fingerprint density at radius 3 is 2.59 bits per heavy atom. The smallest absolute Gasteiger partial charge is 0.271 e. The van der Waals surface area contributed by atoms with Crippen LogP contribution < -0.4 is 4.74 Å². The number of methoxy groups -OCH3 is 1. The number of aryl methyl sites for hydroxylation is 1. The van der Waals surface area contributed by atoms with Gasteiger partial charge in [0.05, 0.1) is 25.5 Å². The van der Waals surface area contributed by atoms with Gasteiger partial charge in [0.1, 0.15) is 17.4 Å². The average molecular weight is 537 g/mol. The zero-order valence-electron chi connectivity index (χ0n) is 22.8. The molecule has 2 N–H and O–H groups in total. The maximum absolute atomic E-state index is 13.7. The maximum Gasteiger partial charge on any atom is 0.271 e. The first-order chi connectivity index (χ1) is 18.7. The first-order valence-corrected chi connectivity index (χ1v) is 13.5. The third kappa shape index (κ3) is 5.54. The van der Waals surface area contributed by atoms with Crippen molar-refractivity contribution in [1.29, 1.82) is 0 Å². The van der Waals surface area contributed by atoms with E-state index < -0.39 is 18.1 Å². The van der Waals surface area contributed by atoms with Crippen LogP contribution in [0.1, 0.15) is 84.3 Å². The van der Waals surface area contributed by atoms with Crippen molar-refractivity contribution in [3.63, 3.8) is 0 Å². The second-order valence-electron chi connectivity index (χ2n) is 10.9. The average Bonchev–Trinajstić information content (AvgIpc) is 3.68. The molecule has 0 spiro atoms. The first-order valence-electron chi connectivity index (χ1n) is 13.5. The number of β-amino-alcohol motifs (C(OH)–C–C–N with tert-alkyl or cyclic N) is 1. The van der Waals surface area contributed by atoms with Gasteiger partial charge in [-0.15, -0.1) is 0 Å². The van der Waals surface area contributed by atoms with E-state index in [9.17, 15) is 14.7 Å². The van der Waals surface area contributed by atoms with E-state index in [1.807, 2.05) is 37.9 Å². The number of piperidine rings is 1. The van der Waals surface area contributed by atoms with Crippen LogP contribution in [-0.4, -0.2) is 79.7 Å². The van der Waals surface area contributed by atoms with Crippen LogP contribution in [-0.2, 0) is 4.79 Å². The molecule has 2 amide bonds. The van der Waals surface area contributed by atoms with Gasteiger partial charge in [0.15, 0.2) is 5.76 Å². The summed E-state index contributed by atoms with van der Waals surface area (Å²) < 4.78 is 10.5. The van der Waals surface area contributed by atoms with Crippen LogP contribution in [0.4, 0.5) is 0 Å². The molecule has 5 rings (SSSR count). The zero-order valence-corrected chi connectivity index (χ0v) is 22.8. The topological polar surface area (TPSA) is 138 Å². The highest BCUT2D eigenvalue weighted by Gasteiger charge is 2.42. The molecule has 0 radical (unpaired) electrons. The Labute approximate surface area is 227 Å². The third-order valence-corrected chi connectivity index (χ3v) is 7.85. The lowest BCUT2D eigenvalue weighted by molar-refractivity contribution is -0.135. The minimum absolute atomic E-state index is 0.0825. The lowest BCUT2D eigenvalue weighted by Gasteiger charge is -2.32. The van der Waals surface area contributed by atoms with E-state index in [0.29, 0.717) is 48.6 Å². The second-order valence-corrected chi connectivity index (χ2v) is 10.9. The van der Waals surface area contributed by atoms with E-state index in [2.05, 4.69) is 26.2 Å². The van der Waals surface area contributed by atoms with Crippen molar-refractivity contribution in [1.82, 2.24) is 29.9 Å². The summed E-state index contributed by atoms with van der Waals surface area (Å²) >= 11 is 0. The predicted molar refractivity (Wildman–Crippen MR) is 141 cm³/mol. The number of carbonyl (C=O) groups excluding carboxylic acids is 2. The SMILES string of the molecule is COc1cc(C(C(=O)N2C[C@H](O)C[C@H]2c2ncc(C(=O)N3CCC(c4ccc(C)nc4)CC3)[nH]2)C(C)C)on1. The van der Waals surface area contributed by atoms with Crippen LogP contribution in [0.15, 0.2) is 35.1 Å². The summed E-state index contributed by atoms with van der Waals surface area (Å²) in [5.41, 5.74) is 2.59. The second kappa shape index (κ2) is 11.2. The first kappa shape index (κ1) is 26.9. The number of carbonyl (C=O) groups is 2. The number of nitrogens with zero attached hydrogens (tertiary/aromatic N) is 5. The van der Waals surface area contributed by atoms with E-state index >= 15 is 0 Å². The highest BCUT2D eigenvalue weighted by molar-refractivity contribution is 5.92. The molecule has 208 valence electrons. The van der Waals surface area contributed by atoms with Crippen molar-refractivity contribution in [3.05, 3.63) is 59.1 Å². The number of aliphatic hydroxyl groups excluding tert-OH is 1. The largest absolute Gasteiger partial charge is 0.479 e. The van der Waals surface area contributed by atoms with Crippen LogP contribution in [0.2, 0.25) is 0 Å². The van der Waals surface area contributed by atoms with Gasteiger partial charge in [0, 0.05) is 44.0 Å². The summed E-state index contributed by atoms with van der Waals surface area (Å²) in [7, 11) is 1.49. The van der Waals surface area contributed by atoms with Crippen molar-refractivity contribution in [2.24, 2.45) is 5.92 Å². The molecule has 39 heavy (non-hydrogen) atoms. The molecule has 0 aliphatic carbocycles. The highest BCUT2D eigenvalue weighted by atomic mass is 16.5. The Morgan fingerprint density at radius 1 is 1.18 bits per heavy atom. The number of aliphatic hydroxyl groups is 1. The van der Waals surface area contributed by atoms with Crippen molar-refractivity contribution >= 4 is 11.8 Å². The number of hydrogen-bond acceptors (Lipinski definition) is 8. The summed E-state index contributed by atoms with van der Waals surface area (Å²) in [5.74, 6) is 0.596. The molecule has 3 atom stereocenters. The minimum atomic E-state index is -0.699. The van der Waals surface area contributed by atoms with Crippen LogP contribution >= 0.6 is 0 Å². The van der Waals surface area contributed by atoms with E-state index in [-0.39, 0.29) is 24.3 Å². The number of imidazole rings is 1. The summed E-state index contributed by atoms with van der Waals surface area (Å²) in [4.78, 5) is 42.5. The molecule has 2 aliphatic heterocycles. The van der Waals surface area contributed by atoms with Crippen molar-refractivity contribution in [2.45, 2.75) is 64.0 Å². The third-order valence-electron chi connectivity index (χ3n) is 7.85. The fraction of sp³-hybridized carbons (Fsp3) is 0.536. The van der Waals surface area contributed by atoms with Gasteiger partial charge in [-0.25, -0.2) is 4.98 Å². The number of aromatic nitrogens is 4. The van der Waals surface area contributed by atoms with Crippen molar-refractivity contribution in [2.75, 3.05) is 26.7 Å². The monoisotopic (exact) mass is 536 g/mol. The fourth-order valence-corrected chi connectivity index (χ4v) is 5.67. The van der Waals surface area contributed by atoms with Crippen molar-refractivity contribution < 1.29 is 24.0 Å². The summed E-state index contributed by atoms with van der Waals surface area (Å²) in [6.45, 7) is 7.30. The molecule has 11 heteroatoms. The van der Waals surface area contributed by atoms with Gasteiger partial charge in [0.2, 0.25) is 5.91 Å². The molecule has 0 aromatic carbocycles. The van der Waals surface area contributed by atoms with E-state index in [0.717, 1.165) is 18.5 Å². The normalized spacial score (nSPS) is 21.0. The lowest BCUT2D eigenvalue weighted by Crippen LogP contribution is -2.38. The predicted octanol–water partition coefficient (Wildman–Crippen LogP) is 3.20. The Kier molecular flexibility index (Phi) is 7.69. The van der Waals surface area contributed by atoms with E-state index in [1.54, 1.807) is 11.0 Å². The van der Waals surface area contributed by atoms with Gasteiger partial charge < -0.3 is 29.2 Å². The van der Waals surface area contributed by atoms with Gasteiger partial charge in [-0.1, -0.05) is 19.9 Å². The summed E-state index contributed by atoms with van der Waals surface area (Å²) in [5, 5.41) is 14.3. The molecule has 2 fully saturated rings. The van der Waals surface area contributed by atoms with Crippen LogP contribution in [0.25, 0.3) is 0 Å². The van der Waals surface area contributed by atoms with Crippen LogP contribution in [0.3, 0.4) is 0 Å². The van der Waals surface area contributed by atoms with Crippen LogP contribution in [0, 0.1) is 12.8 Å². The molecule has 3 aromatic rings. The Hall–Kier alpha value is -3.73. The number of rotatable bonds is 7. The fourth-order valence-electron chi connectivity index (χ4n) is 5.67. The van der Waals surface area contributed by atoms with Gasteiger partial charge in [-0.2, -0.15) is 0 Å². The Bertz CT molecular complexity index is 1290. The number of amides is 2. The molecular formula is C28H36N6O5. The lowest BCUT2D eigenvalue weighted by atomic mass is 9.90. The number of ether oxygens (including phenoxy) is 1.